The lowest BCUT2D eigenvalue weighted by atomic mass is 10.1. The molecule has 0 amide bonds. The number of hydrogen-bond acceptors (Lipinski definition) is 6. The molecule has 9 heteroatoms. The number of sulfone groups is 1. The molecule has 1 fully saturated rings. The van der Waals surface area contributed by atoms with Crippen LogP contribution in [0.3, 0.4) is 0 Å². The molecule has 1 aliphatic heterocycles. The van der Waals surface area contributed by atoms with E-state index in [9.17, 15) is 12.8 Å². The average Bonchev–Trinajstić information content (AvgIpc) is 2.96. The van der Waals surface area contributed by atoms with Crippen LogP contribution in [0, 0.1) is 11.7 Å². The second-order valence-electron chi connectivity index (χ2n) is 5.85. The molecule has 1 aromatic carbocycles. The molecule has 130 valence electrons. The maximum Gasteiger partial charge on any atom is 0.195 e. The Bertz CT molecular complexity index is 805. The van der Waals surface area contributed by atoms with E-state index in [1.807, 2.05) is 0 Å². The summed E-state index contributed by atoms with van der Waals surface area (Å²) in [6.45, 7) is 0.211. The Labute approximate surface area is 144 Å². The molecule has 2 aromatic rings. The molecule has 24 heavy (non-hydrogen) atoms. The molecule has 1 saturated heterocycles. The molecule has 6 nitrogen and oxygen atoms in total. The Morgan fingerprint density at radius 3 is 2.71 bits per heavy atom. The van der Waals surface area contributed by atoms with E-state index in [4.69, 9.17) is 5.73 Å². The summed E-state index contributed by atoms with van der Waals surface area (Å²) in [6.07, 6.45) is 1.62. The van der Waals surface area contributed by atoms with Crippen molar-refractivity contribution >= 4 is 21.6 Å². The zero-order valence-electron chi connectivity index (χ0n) is 13.1. The first-order valence-corrected chi connectivity index (χ1v) is 10.5. The van der Waals surface area contributed by atoms with Gasteiger partial charge in [-0.2, -0.15) is 0 Å². The first kappa shape index (κ1) is 17.4. The summed E-state index contributed by atoms with van der Waals surface area (Å²) in [5, 5.41) is 8.88. The second-order valence-corrected chi connectivity index (χ2v) is 9.06. The normalized spacial score (nSPS) is 20.2. The maximum atomic E-state index is 13.1. The van der Waals surface area contributed by atoms with Crippen LogP contribution in [0.5, 0.6) is 0 Å². The van der Waals surface area contributed by atoms with Gasteiger partial charge in [-0.25, -0.2) is 12.8 Å². The van der Waals surface area contributed by atoms with E-state index < -0.39 is 9.84 Å². The van der Waals surface area contributed by atoms with Crippen LogP contribution in [-0.2, 0) is 16.4 Å². The van der Waals surface area contributed by atoms with E-state index in [-0.39, 0.29) is 29.8 Å². The number of halogens is 1. The fourth-order valence-corrected chi connectivity index (χ4v) is 5.85. The summed E-state index contributed by atoms with van der Waals surface area (Å²) in [4.78, 5) is 0. The Morgan fingerprint density at radius 1 is 1.29 bits per heavy atom. The highest BCUT2D eigenvalue weighted by Crippen LogP contribution is 2.28. The molecule has 0 saturated carbocycles. The van der Waals surface area contributed by atoms with Crippen LogP contribution in [0.15, 0.2) is 29.4 Å². The maximum absolute atomic E-state index is 13.1. The molecule has 0 aliphatic carbocycles. The van der Waals surface area contributed by atoms with Gasteiger partial charge in [0.15, 0.2) is 20.8 Å². The number of aromatic nitrogens is 3. The minimum Gasteiger partial charge on any atom is -0.324 e. The highest BCUT2D eigenvalue weighted by atomic mass is 32.2. The minimum absolute atomic E-state index is 0.119. The summed E-state index contributed by atoms with van der Waals surface area (Å²) in [7, 11) is -2.92. The summed E-state index contributed by atoms with van der Waals surface area (Å²) in [5.74, 6) is 1.56. The molecule has 0 unspecified atom stereocenters. The van der Waals surface area contributed by atoms with E-state index >= 15 is 0 Å². The van der Waals surface area contributed by atoms with Crippen molar-refractivity contribution in [2.24, 2.45) is 11.7 Å². The highest BCUT2D eigenvalue weighted by Gasteiger charge is 2.25. The van der Waals surface area contributed by atoms with Crippen LogP contribution in [0.1, 0.15) is 18.7 Å². The number of benzene rings is 1. The second kappa shape index (κ2) is 7.20. The SMILES string of the molecule is NCc1nnc(SC[C@H]2CCCS(=O)(=O)C2)n1-c1ccc(F)cc1. The molecule has 0 bridgehead atoms. The fraction of sp³-hybridized carbons (Fsp3) is 0.467. The van der Waals surface area contributed by atoms with Crippen LogP contribution in [-0.4, -0.2) is 40.4 Å². The van der Waals surface area contributed by atoms with Crippen molar-refractivity contribution in [2.75, 3.05) is 17.3 Å². The van der Waals surface area contributed by atoms with Crippen LogP contribution in [0.2, 0.25) is 0 Å². The summed E-state index contributed by atoms with van der Waals surface area (Å²) < 4.78 is 38.4. The van der Waals surface area contributed by atoms with Crippen LogP contribution in [0.4, 0.5) is 4.39 Å². The lowest BCUT2D eigenvalue weighted by Crippen LogP contribution is -2.26. The van der Waals surface area contributed by atoms with Gasteiger partial charge in [-0.3, -0.25) is 4.57 Å². The van der Waals surface area contributed by atoms with Crippen LogP contribution < -0.4 is 5.73 Å². The van der Waals surface area contributed by atoms with Gasteiger partial charge in [0, 0.05) is 11.4 Å². The van der Waals surface area contributed by atoms with E-state index in [2.05, 4.69) is 10.2 Å². The molecule has 2 heterocycles. The van der Waals surface area contributed by atoms with Crippen molar-refractivity contribution in [2.45, 2.75) is 24.5 Å². The van der Waals surface area contributed by atoms with E-state index in [0.29, 0.717) is 23.2 Å². The number of rotatable bonds is 5. The van der Waals surface area contributed by atoms with Crippen molar-refractivity contribution < 1.29 is 12.8 Å². The molecule has 0 spiro atoms. The zero-order chi connectivity index (χ0) is 17.2. The number of nitrogens with zero attached hydrogens (tertiary/aromatic N) is 3. The molecule has 1 atom stereocenters. The summed E-state index contributed by atoms with van der Waals surface area (Å²) in [5.41, 5.74) is 6.46. The van der Waals surface area contributed by atoms with E-state index in [1.165, 1.54) is 23.9 Å². The Balaban J connectivity index is 1.79. The summed E-state index contributed by atoms with van der Waals surface area (Å²) in [6, 6.07) is 6.04. The van der Waals surface area contributed by atoms with Crippen molar-refractivity contribution in [3.8, 4) is 5.69 Å². The lowest BCUT2D eigenvalue weighted by molar-refractivity contribution is 0.520. The van der Waals surface area contributed by atoms with Crippen LogP contribution in [0.25, 0.3) is 5.69 Å². The molecular formula is C15H19FN4O2S2. The summed E-state index contributed by atoms with van der Waals surface area (Å²) >= 11 is 1.47. The third kappa shape index (κ3) is 3.96. The van der Waals surface area contributed by atoms with Gasteiger partial charge in [-0.1, -0.05) is 11.8 Å². The third-order valence-electron chi connectivity index (χ3n) is 3.97. The number of thioether (sulfide) groups is 1. The Kier molecular flexibility index (Phi) is 5.21. The zero-order valence-corrected chi connectivity index (χ0v) is 14.7. The van der Waals surface area contributed by atoms with E-state index in [1.54, 1.807) is 16.7 Å². The largest absolute Gasteiger partial charge is 0.324 e. The molecule has 2 N–H and O–H groups in total. The number of nitrogens with two attached hydrogens (primary N) is 1. The van der Waals surface area contributed by atoms with Crippen molar-refractivity contribution in [3.63, 3.8) is 0 Å². The number of hydrogen-bond donors (Lipinski definition) is 1. The quantitative estimate of drug-likeness (QED) is 0.807. The van der Waals surface area contributed by atoms with Gasteiger partial charge in [0.1, 0.15) is 5.82 Å². The van der Waals surface area contributed by atoms with Crippen molar-refractivity contribution in [1.82, 2.24) is 14.8 Å². The van der Waals surface area contributed by atoms with Gasteiger partial charge >= 0.3 is 0 Å². The Hall–Kier alpha value is -1.45. The topological polar surface area (TPSA) is 90.9 Å². The smallest absolute Gasteiger partial charge is 0.195 e. The van der Waals surface area contributed by atoms with Crippen LogP contribution >= 0.6 is 11.8 Å². The van der Waals surface area contributed by atoms with E-state index in [0.717, 1.165) is 12.1 Å². The fourth-order valence-electron chi connectivity index (χ4n) is 2.82. The van der Waals surface area contributed by atoms with Crippen molar-refractivity contribution in [1.29, 1.82) is 0 Å². The molecule has 0 radical (unpaired) electrons. The monoisotopic (exact) mass is 370 g/mol. The first-order valence-electron chi connectivity index (χ1n) is 7.72. The van der Waals surface area contributed by atoms with Gasteiger partial charge in [-0.15, -0.1) is 10.2 Å². The molecular weight excluding hydrogens is 351 g/mol. The lowest BCUT2D eigenvalue weighted by Gasteiger charge is -2.21. The standard InChI is InChI=1S/C15H19FN4O2S2/c16-12-3-5-13(6-4-12)20-14(8-17)18-19-15(20)23-9-11-2-1-7-24(21,22)10-11/h3-6,11H,1-2,7-10,17H2/t11-/m1/s1. The van der Waals surface area contributed by atoms with Crippen molar-refractivity contribution in [3.05, 3.63) is 35.9 Å². The molecule has 1 aliphatic rings. The molecule has 1 aromatic heterocycles. The average molecular weight is 370 g/mol. The predicted octanol–water partition coefficient (Wildman–Crippen LogP) is 1.78. The van der Waals surface area contributed by atoms with Gasteiger partial charge in [0.2, 0.25) is 0 Å². The van der Waals surface area contributed by atoms with Gasteiger partial charge < -0.3 is 5.73 Å². The van der Waals surface area contributed by atoms with Gasteiger partial charge in [0.05, 0.1) is 18.1 Å². The predicted molar refractivity (Wildman–Crippen MR) is 91.3 cm³/mol. The van der Waals surface area contributed by atoms with Gasteiger partial charge in [0.25, 0.3) is 0 Å². The Morgan fingerprint density at radius 2 is 2.04 bits per heavy atom. The molecule has 3 rings (SSSR count). The van der Waals surface area contributed by atoms with Gasteiger partial charge in [-0.05, 0) is 43.0 Å². The highest BCUT2D eigenvalue weighted by molar-refractivity contribution is 7.99. The first-order chi connectivity index (χ1) is 11.5. The third-order valence-corrected chi connectivity index (χ3v) is 7.02. The minimum atomic E-state index is -2.92.